The summed E-state index contributed by atoms with van der Waals surface area (Å²) in [6.45, 7) is 13.4. The van der Waals surface area contributed by atoms with Crippen LogP contribution in [0.1, 0.15) is 85.6 Å². The van der Waals surface area contributed by atoms with Gasteiger partial charge in [0.05, 0.1) is 31.0 Å². The fourth-order valence-electron chi connectivity index (χ4n) is 4.75. The Hall–Kier alpha value is -4.48. The second-order valence-electron chi connectivity index (χ2n) is 14.4. The van der Waals surface area contributed by atoms with E-state index >= 15 is 0 Å². The van der Waals surface area contributed by atoms with E-state index < -0.39 is 41.1 Å². The summed E-state index contributed by atoms with van der Waals surface area (Å²) in [5.41, 5.74) is 5.50. The molecule has 1 atom stereocenters. The number of rotatable bonds is 26. The van der Waals surface area contributed by atoms with Gasteiger partial charge in [-0.25, -0.2) is 9.59 Å². The molecule has 0 saturated carbocycles. The summed E-state index contributed by atoms with van der Waals surface area (Å²) in [6, 6.07) is 5.30. The van der Waals surface area contributed by atoms with Crippen molar-refractivity contribution in [2.24, 2.45) is 11.7 Å². The zero-order valence-corrected chi connectivity index (χ0v) is 33.1. The van der Waals surface area contributed by atoms with Crippen LogP contribution < -0.4 is 43.0 Å². The fraction of sp³-hybridized carbons (Fsp3) is 0.676. The number of anilines is 1. The number of ether oxygens (including phenoxy) is 3. The quantitative estimate of drug-likeness (QED) is 0.0639. The number of hydrogen-bond donors (Lipinski definition) is 8. The second kappa shape index (κ2) is 25.5. The van der Waals surface area contributed by atoms with Gasteiger partial charge in [-0.1, -0.05) is 26.0 Å². The molecule has 1 rings (SSSR count). The SMILES string of the molecule is CNC(=O)NCCCC(NC(=O)CNC(=O)CCOC(C)(C)CCOC(C)(C)CCNC(=O)CC(C)C)C(=O)Nc1ccc(COC(=O)NCCN)cc1. The highest BCUT2D eigenvalue weighted by atomic mass is 16.5. The van der Waals surface area contributed by atoms with E-state index in [1.54, 1.807) is 24.3 Å². The monoisotopic (exact) mass is 764 g/mol. The Bertz CT molecular complexity index is 1320. The topological polar surface area (TPSA) is 240 Å². The van der Waals surface area contributed by atoms with Crippen LogP contribution in [0.25, 0.3) is 0 Å². The van der Waals surface area contributed by atoms with Gasteiger partial charge in [0.15, 0.2) is 0 Å². The Balaban J connectivity index is 2.55. The van der Waals surface area contributed by atoms with Crippen LogP contribution in [0.5, 0.6) is 0 Å². The molecule has 0 heterocycles. The van der Waals surface area contributed by atoms with Crippen molar-refractivity contribution < 1.29 is 43.0 Å². The molecule has 1 aromatic carbocycles. The molecule has 306 valence electrons. The summed E-state index contributed by atoms with van der Waals surface area (Å²) < 4.78 is 17.1. The first-order valence-electron chi connectivity index (χ1n) is 18.5. The number of amides is 7. The number of benzene rings is 1. The van der Waals surface area contributed by atoms with Gasteiger partial charge in [0.2, 0.25) is 23.6 Å². The Labute approximate surface area is 319 Å². The highest BCUT2D eigenvalue weighted by molar-refractivity contribution is 5.97. The normalized spacial score (nSPS) is 11.9. The molecule has 17 nitrogen and oxygen atoms in total. The lowest BCUT2D eigenvalue weighted by atomic mass is 10.0. The molecule has 0 bridgehead atoms. The van der Waals surface area contributed by atoms with Crippen LogP contribution in [-0.4, -0.2) is 106 Å². The molecule has 17 heteroatoms. The van der Waals surface area contributed by atoms with Gasteiger partial charge in [-0.3, -0.25) is 19.2 Å². The Morgan fingerprint density at radius 3 is 2.09 bits per heavy atom. The van der Waals surface area contributed by atoms with Gasteiger partial charge in [-0.05, 0) is 77.0 Å². The van der Waals surface area contributed by atoms with Crippen LogP contribution in [0.3, 0.4) is 0 Å². The van der Waals surface area contributed by atoms with E-state index in [9.17, 15) is 28.8 Å². The van der Waals surface area contributed by atoms with E-state index in [1.165, 1.54) is 7.05 Å². The first-order chi connectivity index (χ1) is 25.4. The minimum absolute atomic E-state index is 0.0213. The van der Waals surface area contributed by atoms with Gasteiger partial charge in [-0.2, -0.15) is 0 Å². The number of alkyl carbamates (subject to hydrolysis) is 1. The van der Waals surface area contributed by atoms with E-state index in [1.807, 2.05) is 41.5 Å². The van der Waals surface area contributed by atoms with Crippen molar-refractivity contribution in [2.75, 3.05) is 58.3 Å². The van der Waals surface area contributed by atoms with Crippen molar-refractivity contribution >= 4 is 41.4 Å². The van der Waals surface area contributed by atoms with Crippen molar-refractivity contribution in [3.63, 3.8) is 0 Å². The van der Waals surface area contributed by atoms with E-state index in [0.717, 1.165) is 0 Å². The molecular formula is C37H64N8O9. The summed E-state index contributed by atoms with van der Waals surface area (Å²) >= 11 is 0. The molecule has 0 fully saturated rings. The molecule has 0 aliphatic rings. The van der Waals surface area contributed by atoms with Gasteiger partial charge in [0, 0.05) is 51.8 Å². The number of nitrogens with one attached hydrogen (secondary N) is 7. The van der Waals surface area contributed by atoms with E-state index in [0.29, 0.717) is 69.1 Å². The molecule has 0 aromatic heterocycles. The third-order valence-corrected chi connectivity index (χ3v) is 7.95. The average Bonchev–Trinajstić information content (AvgIpc) is 3.09. The third-order valence-electron chi connectivity index (χ3n) is 7.95. The van der Waals surface area contributed by atoms with E-state index in [2.05, 4.69) is 37.2 Å². The number of hydrogen-bond acceptors (Lipinski definition) is 10. The lowest BCUT2D eigenvalue weighted by molar-refractivity contribution is -0.129. The predicted octanol–water partition coefficient (Wildman–Crippen LogP) is 2.04. The second-order valence-corrected chi connectivity index (χ2v) is 14.4. The van der Waals surface area contributed by atoms with Gasteiger partial charge >= 0.3 is 12.1 Å². The molecule has 0 spiro atoms. The summed E-state index contributed by atoms with van der Waals surface area (Å²) in [5, 5.41) is 18.5. The Kier molecular flexibility index (Phi) is 22.5. The number of carbonyl (C=O) groups is 6. The van der Waals surface area contributed by atoms with Crippen LogP contribution in [-0.2, 0) is 40.0 Å². The van der Waals surface area contributed by atoms with E-state index in [4.69, 9.17) is 19.9 Å². The highest BCUT2D eigenvalue weighted by Gasteiger charge is 2.24. The lowest BCUT2D eigenvalue weighted by Crippen LogP contribution is -2.48. The summed E-state index contributed by atoms with van der Waals surface area (Å²) in [5.74, 6) is -1.11. The van der Waals surface area contributed by atoms with Crippen molar-refractivity contribution in [1.82, 2.24) is 31.9 Å². The molecule has 0 aliphatic heterocycles. The van der Waals surface area contributed by atoms with Gasteiger partial charge in [-0.15, -0.1) is 0 Å². The predicted molar refractivity (Wildman–Crippen MR) is 205 cm³/mol. The summed E-state index contributed by atoms with van der Waals surface area (Å²) in [6.07, 6.45) is 1.75. The molecular weight excluding hydrogens is 700 g/mol. The van der Waals surface area contributed by atoms with Crippen LogP contribution in [0.15, 0.2) is 24.3 Å². The first kappa shape index (κ1) is 47.5. The third kappa shape index (κ3) is 23.2. The van der Waals surface area contributed by atoms with Crippen molar-refractivity contribution in [2.45, 2.75) is 104 Å². The molecule has 9 N–H and O–H groups in total. The standard InChI is InChI=1S/C37H64N8O9/c1-26(2)23-31(47)40-19-15-36(3,4)54-22-16-37(5,6)53-21-14-30(46)43-24-32(48)45-29(9-8-18-41-34(50)39-7)33(49)44-28-12-10-27(11-13-28)25-52-35(51)42-20-17-38/h10-13,26,29H,8-9,14-25,38H2,1-7H3,(H,40,47)(H,42,51)(H,43,46)(H,44,49)(H,45,48)(H2,39,41,50). The van der Waals surface area contributed by atoms with Crippen molar-refractivity contribution in [3.05, 3.63) is 29.8 Å². The number of carbonyl (C=O) groups excluding carboxylic acids is 6. The average molecular weight is 765 g/mol. The van der Waals surface area contributed by atoms with E-state index in [-0.39, 0.29) is 51.1 Å². The minimum atomic E-state index is -0.963. The van der Waals surface area contributed by atoms with Gasteiger partial charge < -0.3 is 57.2 Å². The maximum Gasteiger partial charge on any atom is 0.407 e. The molecule has 0 saturated heterocycles. The lowest BCUT2D eigenvalue weighted by Gasteiger charge is -2.30. The largest absolute Gasteiger partial charge is 0.445 e. The molecule has 54 heavy (non-hydrogen) atoms. The van der Waals surface area contributed by atoms with Crippen molar-refractivity contribution in [3.8, 4) is 0 Å². The summed E-state index contributed by atoms with van der Waals surface area (Å²) in [4.78, 5) is 73.6. The van der Waals surface area contributed by atoms with Crippen LogP contribution >= 0.6 is 0 Å². The molecule has 7 amide bonds. The van der Waals surface area contributed by atoms with Crippen LogP contribution in [0.4, 0.5) is 15.3 Å². The number of urea groups is 1. The minimum Gasteiger partial charge on any atom is -0.445 e. The smallest absolute Gasteiger partial charge is 0.407 e. The van der Waals surface area contributed by atoms with Gasteiger partial charge in [0.1, 0.15) is 12.6 Å². The number of nitrogens with two attached hydrogens (primary N) is 1. The first-order valence-corrected chi connectivity index (χ1v) is 18.5. The fourth-order valence-corrected chi connectivity index (χ4v) is 4.75. The van der Waals surface area contributed by atoms with Crippen molar-refractivity contribution in [1.29, 1.82) is 0 Å². The maximum atomic E-state index is 13.2. The summed E-state index contributed by atoms with van der Waals surface area (Å²) in [7, 11) is 1.49. The zero-order valence-electron chi connectivity index (χ0n) is 33.1. The maximum absolute atomic E-state index is 13.2. The highest BCUT2D eigenvalue weighted by Crippen LogP contribution is 2.20. The molecule has 0 aliphatic carbocycles. The Morgan fingerprint density at radius 1 is 0.778 bits per heavy atom. The Morgan fingerprint density at radius 2 is 1.44 bits per heavy atom. The molecule has 1 aromatic rings. The molecule has 0 radical (unpaired) electrons. The van der Waals surface area contributed by atoms with Gasteiger partial charge in [0.25, 0.3) is 0 Å². The van der Waals surface area contributed by atoms with Crippen LogP contribution in [0, 0.1) is 5.92 Å². The zero-order chi connectivity index (χ0) is 40.6. The van der Waals surface area contributed by atoms with Crippen LogP contribution in [0.2, 0.25) is 0 Å². The molecule has 1 unspecified atom stereocenters.